The van der Waals surface area contributed by atoms with E-state index in [1.165, 1.54) is 6.08 Å². The zero-order valence-electron chi connectivity index (χ0n) is 9.65. The molecule has 0 saturated carbocycles. The third kappa shape index (κ3) is 2.15. The largest absolute Gasteiger partial charge is 0.495 e. The summed E-state index contributed by atoms with van der Waals surface area (Å²) in [5, 5.41) is 9.62. The lowest BCUT2D eigenvalue weighted by Gasteiger charge is -2.02. The van der Waals surface area contributed by atoms with Gasteiger partial charge in [0.25, 0.3) is 0 Å². The van der Waals surface area contributed by atoms with Gasteiger partial charge in [-0.1, -0.05) is 6.07 Å². The quantitative estimate of drug-likeness (QED) is 0.798. The zero-order chi connectivity index (χ0) is 12.4. The van der Waals surface area contributed by atoms with Gasteiger partial charge in [0.2, 0.25) is 0 Å². The van der Waals surface area contributed by atoms with Gasteiger partial charge in [-0.2, -0.15) is 0 Å². The van der Waals surface area contributed by atoms with E-state index in [2.05, 4.69) is 4.98 Å². The van der Waals surface area contributed by atoms with Crippen molar-refractivity contribution in [2.75, 3.05) is 7.11 Å². The Balaban J connectivity index is 2.56. The molecule has 1 aromatic carbocycles. The van der Waals surface area contributed by atoms with E-state index in [1.54, 1.807) is 7.11 Å². The normalized spacial score (nSPS) is 11.2. The van der Waals surface area contributed by atoms with Crippen LogP contribution in [0, 0.1) is 6.92 Å². The summed E-state index contributed by atoms with van der Waals surface area (Å²) >= 11 is 0. The molecule has 0 atom stereocenters. The summed E-state index contributed by atoms with van der Waals surface area (Å²) in [4.78, 5) is 13.6. The van der Waals surface area contributed by atoms with E-state index in [4.69, 9.17) is 9.84 Å². The standard InChI is InChI=1S/C13H13NO3/c1-8-3-5-11(17-2)13-10(8)7-9(14-13)4-6-12(15)16/h3-7,14H,1-2H3,(H,15,16)/b6-4+. The number of nitrogens with one attached hydrogen (secondary N) is 1. The second kappa shape index (κ2) is 4.33. The summed E-state index contributed by atoms with van der Waals surface area (Å²) in [5.41, 5.74) is 2.75. The first-order chi connectivity index (χ1) is 8.11. The summed E-state index contributed by atoms with van der Waals surface area (Å²) in [6.07, 6.45) is 2.63. The van der Waals surface area contributed by atoms with Crippen molar-refractivity contribution in [1.29, 1.82) is 0 Å². The molecule has 0 radical (unpaired) electrons. The van der Waals surface area contributed by atoms with Gasteiger partial charge in [0.1, 0.15) is 5.75 Å². The summed E-state index contributed by atoms with van der Waals surface area (Å²) in [7, 11) is 1.61. The van der Waals surface area contributed by atoms with Crippen LogP contribution in [-0.4, -0.2) is 23.2 Å². The van der Waals surface area contributed by atoms with Crippen molar-refractivity contribution in [3.63, 3.8) is 0 Å². The van der Waals surface area contributed by atoms with E-state index in [1.807, 2.05) is 25.1 Å². The van der Waals surface area contributed by atoms with Crippen LogP contribution in [0.1, 0.15) is 11.3 Å². The number of aromatic nitrogens is 1. The molecule has 0 amide bonds. The molecule has 0 spiro atoms. The van der Waals surface area contributed by atoms with E-state index in [9.17, 15) is 4.79 Å². The predicted molar refractivity (Wildman–Crippen MR) is 66.3 cm³/mol. The minimum Gasteiger partial charge on any atom is -0.495 e. The molecule has 2 rings (SSSR count). The molecular formula is C13H13NO3. The van der Waals surface area contributed by atoms with Gasteiger partial charge in [-0.15, -0.1) is 0 Å². The Labute approximate surface area is 98.5 Å². The molecule has 1 aromatic heterocycles. The number of carbonyl (C=O) groups is 1. The van der Waals surface area contributed by atoms with Gasteiger partial charge in [0.05, 0.1) is 12.6 Å². The number of benzene rings is 1. The fraction of sp³-hybridized carbons (Fsp3) is 0.154. The number of fused-ring (bicyclic) bond motifs is 1. The second-order valence-corrected chi connectivity index (χ2v) is 3.77. The molecule has 1 heterocycles. The lowest BCUT2D eigenvalue weighted by molar-refractivity contribution is -0.131. The molecule has 17 heavy (non-hydrogen) atoms. The van der Waals surface area contributed by atoms with Crippen LogP contribution in [0.3, 0.4) is 0 Å². The van der Waals surface area contributed by atoms with Gasteiger partial charge < -0.3 is 14.8 Å². The molecule has 0 saturated heterocycles. The van der Waals surface area contributed by atoms with E-state index >= 15 is 0 Å². The van der Waals surface area contributed by atoms with Crippen LogP contribution < -0.4 is 4.74 Å². The van der Waals surface area contributed by atoms with Gasteiger partial charge in [0.15, 0.2) is 0 Å². The SMILES string of the molecule is COc1ccc(C)c2cc(/C=C/C(=O)O)[nH]c12. The first-order valence-electron chi connectivity index (χ1n) is 5.19. The molecular weight excluding hydrogens is 218 g/mol. The zero-order valence-corrected chi connectivity index (χ0v) is 9.65. The fourth-order valence-corrected chi connectivity index (χ4v) is 1.78. The van der Waals surface area contributed by atoms with Crippen LogP contribution in [0.15, 0.2) is 24.3 Å². The Morgan fingerprint density at radius 2 is 2.24 bits per heavy atom. The van der Waals surface area contributed by atoms with Crippen molar-refractivity contribution in [3.8, 4) is 5.75 Å². The maximum absolute atomic E-state index is 10.5. The average molecular weight is 231 g/mol. The summed E-state index contributed by atoms with van der Waals surface area (Å²) < 4.78 is 5.25. The Morgan fingerprint density at radius 1 is 1.47 bits per heavy atom. The third-order valence-electron chi connectivity index (χ3n) is 2.62. The van der Waals surface area contributed by atoms with Crippen LogP contribution in [0.25, 0.3) is 17.0 Å². The highest BCUT2D eigenvalue weighted by Gasteiger charge is 2.07. The van der Waals surface area contributed by atoms with E-state index in [0.29, 0.717) is 0 Å². The average Bonchev–Trinajstić information content (AvgIpc) is 2.72. The van der Waals surface area contributed by atoms with Crippen molar-refractivity contribution in [2.24, 2.45) is 0 Å². The van der Waals surface area contributed by atoms with Crippen LogP contribution >= 0.6 is 0 Å². The van der Waals surface area contributed by atoms with E-state index in [0.717, 1.165) is 34.0 Å². The number of aryl methyl sites for hydroxylation is 1. The number of carboxylic acid groups (broad SMARTS) is 1. The molecule has 2 aromatic rings. The predicted octanol–water partition coefficient (Wildman–Crippen LogP) is 2.58. The monoisotopic (exact) mass is 231 g/mol. The lowest BCUT2D eigenvalue weighted by Crippen LogP contribution is -1.86. The molecule has 0 aliphatic heterocycles. The van der Waals surface area contributed by atoms with Crippen molar-refractivity contribution in [1.82, 2.24) is 4.98 Å². The third-order valence-corrected chi connectivity index (χ3v) is 2.62. The summed E-state index contributed by atoms with van der Waals surface area (Å²) in [6, 6.07) is 5.77. The van der Waals surface area contributed by atoms with Crippen LogP contribution in [-0.2, 0) is 4.79 Å². The molecule has 4 nitrogen and oxygen atoms in total. The summed E-state index contributed by atoms with van der Waals surface area (Å²) in [6.45, 7) is 2.00. The van der Waals surface area contributed by atoms with Crippen LogP contribution in [0.4, 0.5) is 0 Å². The molecule has 4 heteroatoms. The number of aromatic amines is 1. The van der Waals surface area contributed by atoms with Gasteiger partial charge in [-0.05, 0) is 30.7 Å². The van der Waals surface area contributed by atoms with Gasteiger partial charge >= 0.3 is 5.97 Å². The number of H-pyrrole nitrogens is 1. The Morgan fingerprint density at radius 3 is 2.88 bits per heavy atom. The molecule has 0 aliphatic rings. The van der Waals surface area contributed by atoms with Crippen LogP contribution in [0.5, 0.6) is 5.75 Å². The highest BCUT2D eigenvalue weighted by Crippen LogP contribution is 2.28. The number of ether oxygens (including phenoxy) is 1. The highest BCUT2D eigenvalue weighted by molar-refractivity contribution is 5.92. The number of methoxy groups -OCH3 is 1. The van der Waals surface area contributed by atoms with Crippen molar-refractivity contribution in [3.05, 3.63) is 35.5 Å². The topological polar surface area (TPSA) is 62.3 Å². The van der Waals surface area contributed by atoms with E-state index < -0.39 is 5.97 Å². The number of hydrogen-bond donors (Lipinski definition) is 2. The van der Waals surface area contributed by atoms with Gasteiger partial charge in [-0.3, -0.25) is 0 Å². The Hall–Kier alpha value is -2.23. The van der Waals surface area contributed by atoms with E-state index in [-0.39, 0.29) is 0 Å². The van der Waals surface area contributed by atoms with Crippen molar-refractivity contribution >= 4 is 22.9 Å². The van der Waals surface area contributed by atoms with Gasteiger partial charge in [-0.25, -0.2) is 4.79 Å². The number of carboxylic acids is 1. The summed E-state index contributed by atoms with van der Waals surface area (Å²) in [5.74, 6) is -0.215. The minimum absolute atomic E-state index is 0.745. The number of rotatable bonds is 3. The maximum Gasteiger partial charge on any atom is 0.328 e. The van der Waals surface area contributed by atoms with Gasteiger partial charge in [0, 0.05) is 17.2 Å². The molecule has 0 aliphatic carbocycles. The number of hydrogen-bond acceptors (Lipinski definition) is 2. The molecule has 2 N–H and O–H groups in total. The second-order valence-electron chi connectivity index (χ2n) is 3.77. The van der Waals surface area contributed by atoms with Crippen molar-refractivity contribution in [2.45, 2.75) is 6.92 Å². The maximum atomic E-state index is 10.5. The fourth-order valence-electron chi connectivity index (χ4n) is 1.78. The van der Waals surface area contributed by atoms with Crippen molar-refractivity contribution < 1.29 is 14.6 Å². The first-order valence-corrected chi connectivity index (χ1v) is 5.19. The molecule has 0 fully saturated rings. The smallest absolute Gasteiger partial charge is 0.328 e. The Bertz CT molecular complexity index is 596. The molecule has 0 unspecified atom stereocenters. The molecule has 88 valence electrons. The van der Waals surface area contributed by atoms with Crippen LogP contribution in [0.2, 0.25) is 0 Å². The first kappa shape index (κ1) is 11.3. The molecule has 0 bridgehead atoms. The highest BCUT2D eigenvalue weighted by atomic mass is 16.5. The number of aliphatic carboxylic acids is 1. The lowest BCUT2D eigenvalue weighted by atomic mass is 10.1. The minimum atomic E-state index is -0.965. The Kier molecular flexibility index (Phi) is 2.87.